The predicted octanol–water partition coefficient (Wildman–Crippen LogP) is 1.18. The summed E-state index contributed by atoms with van der Waals surface area (Å²) >= 11 is 0. The van der Waals surface area contributed by atoms with Crippen molar-refractivity contribution < 1.29 is 24.1 Å². The maximum atomic E-state index is 11.7. The smallest absolute Gasteiger partial charge is 0.309 e. The van der Waals surface area contributed by atoms with Crippen LogP contribution in [0.15, 0.2) is 12.1 Å². The molecule has 5 heteroatoms. The van der Waals surface area contributed by atoms with Gasteiger partial charge in [0.15, 0.2) is 11.5 Å². The molecule has 0 radical (unpaired) electrons. The normalized spacial score (nSPS) is 31.4. The van der Waals surface area contributed by atoms with Gasteiger partial charge in [-0.25, -0.2) is 0 Å². The van der Waals surface area contributed by atoms with Gasteiger partial charge in [0.25, 0.3) is 0 Å². The van der Waals surface area contributed by atoms with Gasteiger partial charge in [-0.05, 0) is 36.1 Å². The number of aliphatic hydroxyl groups is 1. The Morgan fingerprint density at radius 1 is 1.16 bits per heavy atom. The van der Waals surface area contributed by atoms with E-state index in [0.717, 1.165) is 23.3 Å². The van der Waals surface area contributed by atoms with Crippen molar-refractivity contribution >= 4 is 5.97 Å². The van der Waals surface area contributed by atoms with Crippen LogP contribution < -0.4 is 9.47 Å². The van der Waals surface area contributed by atoms with Crippen LogP contribution in [0.3, 0.4) is 0 Å². The monoisotopic (exact) mass is 262 g/mol. The van der Waals surface area contributed by atoms with Crippen LogP contribution in [-0.4, -0.2) is 24.5 Å². The molecule has 0 unspecified atom stereocenters. The number of hydrogen-bond acceptors (Lipinski definition) is 5. The average Bonchev–Trinajstić information content (AvgIpc) is 2.97. The fraction of sp³-hybridized carbons (Fsp3) is 0.500. The summed E-state index contributed by atoms with van der Waals surface area (Å²) in [7, 11) is 0. The number of carbonyl (C=O) groups excluding carboxylic acids is 1. The van der Waals surface area contributed by atoms with Crippen molar-refractivity contribution in [3.05, 3.63) is 23.3 Å². The molecular formula is C14H14O5. The van der Waals surface area contributed by atoms with Crippen LogP contribution in [0, 0.1) is 11.8 Å². The zero-order valence-electron chi connectivity index (χ0n) is 10.3. The lowest BCUT2D eigenvalue weighted by Crippen LogP contribution is -2.20. The van der Waals surface area contributed by atoms with Gasteiger partial charge in [-0.2, -0.15) is 0 Å². The average molecular weight is 262 g/mol. The summed E-state index contributed by atoms with van der Waals surface area (Å²) in [4.78, 5) is 11.7. The molecule has 1 saturated heterocycles. The Bertz CT molecular complexity index is 553. The third-order valence-electron chi connectivity index (χ3n) is 4.32. The minimum atomic E-state index is -0.677. The zero-order valence-corrected chi connectivity index (χ0v) is 10.3. The van der Waals surface area contributed by atoms with Gasteiger partial charge in [0.2, 0.25) is 6.79 Å². The van der Waals surface area contributed by atoms with Crippen molar-refractivity contribution in [3.63, 3.8) is 0 Å². The number of ether oxygens (including phenoxy) is 3. The molecule has 3 atom stereocenters. The molecule has 3 aliphatic rings. The van der Waals surface area contributed by atoms with E-state index in [1.54, 1.807) is 0 Å². The number of fused-ring (bicyclic) bond motifs is 3. The molecule has 4 rings (SSSR count). The standard InChI is InChI=1S/C14H14O5/c15-13-9-4-12-11(18-6-19-12)3-7(9)1-2-8-10(13)5-17-14(8)16/h3-4,8,10,13,15H,1-2,5-6H2/t8-,10-,13-/m1/s1. The van der Waals surface area contributed by atoms with Crippen molar-refractivity contribution in [2.75, 3.05) is 13.4 Å². The highest BCUT2D eigenvalue weighted by atomic mass is 16.7. The van der Waals surface area contributed by atoms with Gasteiger partial charge < -0.3 is 19.3 Å². The minimum absolute atomic E-state index is 0.144. The van der Waals surface area contributed by atoms with Gasteiger partial charge in [0.1, 0.15) is 0 Å². The molecule has 100 valence electrons. The van der Waals surface area contributed by atoms with E-state index in [2.05, 4.69) is 0 Å². The minimum Gasteiger partial charge on any atom is -0.465 e. The molecule has 19 heavy (non-hydrogen) atoms. The van der Waals surface area contributed by atoms with Crippen molar-refractivity contribution in [1.82, 2.24) is 0 Å². The second-order valence-electron chi connectivity index (χ2n) is 5.29. The molecule has 1 aliphatic carbocycles. The lowest BCUT2D eigenvalue weighted by Gasteiger charge is -2.19. The number of hydrogen-bond donors (Lipinski definition) is 1. The molecule has 0 amide bonds. The second kappa shape index (κ2) is 3.87. The number of rotatable bonds is 0. The lowest BCUT2D eigenvalue weighted by molar-refractivity contribution is -0.141. The Hall–Kier alpha value is -1.75. The number of benzene rings is 1. The van der Waals surface area contributed by atoms with Crippen LogP contribution in [0.1, 0.15) is 23.7 Å². The highest BCUT2D eigenvalue weighted by Gasteiger charge is 2.44. The molecule has 2 heterocycles. The number of aryl methyl sites for hydroxylation is 1. The highest BCUT2D eigenvalue weighted by molar-refractivity contribution is 5.75. The first-order valence-corrected chi connectivity index (χ1v) is 6.51. The van der Waals surface area contributed by atoms with Gasteiger partial charge in [-0.1, -0.05) is 0 Å². The van der Waals surface area contributed by atoms with E-state index in [1.807, 2.05) is 12.1 Å². The maximum Gasteiger partial charge on any atom is 0.309 e. The van der Waals surface area contributed by atoms with E-state index in [9.17, 15) is 9.90 Å². The van der Waals surface area contributed by atoms with Crippen LogP contribution in [0.25, 0.3) is 0 Å². The molecular weight excluding hydrogens is 248 g/mol. The summed E-state index contributed by atoms with van der Waals surface area (Å²) in [6.45, 7) is 0.528. The van der Waals surface area contributed by atoms with E-state index in [-0.39, 0.29) is 24.6 Å². The van der Waals surface area contributed by atoms with Crippen LogP contribution in [0.2, 0.25) is 0 Å². The fourth-order valence-electron chi connectivity index (χ4n) is 3.25. The van der Waals surface area contributed by atoms with Crippen LogP contribution in [0.4, 0.5) is 0 Å². The fourth-order valence-corrected chi connectivity index (χ4v) is 3.25. The predicted molar refractivity (Wildman–Crippen MR) is 63.8 cm³/mol. The van der Waals surface area contributed by atoms with Crippen molar-refractivity contribution in [2.24, 2.45) is 11.8 Å². The van der Waals surface area contributed by atoms with Gasteiger partial charge in [0.05, 0.1) is 18.6 Å². The van der Waals surface area contributed by atoms with Gasteiger partial charge >= 0.3 is 5.97 Å². The Labute approximate surface area is 110 Å². The molecule has 1 fully saturated rings. The number of esters is 1. The summed E-state index contributed by atoms with van der Waals surface area (Å²) in [5.74, 6) is 0.868. The molecule has 0 saturated carbocycles. The van der Waals surface area contributed by atoms with E-state index >= 15 is 0 Å². The van der Waals surface area contributed by atoms with E-state index in [4.69, 9.17) is 14.2 Å². The second-order valence-corrected chi connectivity index (χ2v) is 5.29. The Kier molecular flexibility index (Phi) is 2.26. The summed E-state index contributed by atoms with van der Waals surface area (Å²) < 4.78 is 15.8. The van der Waals surface area contributed by atoms with Crippen molar-refractivity contribution in [2.45, 2.75) is 18.9 Å². The third-order valence-corrected chi connectivity index (χ3v) is 4.32. The van der Waals surface area contributed by atoms with E-state index in [1.165, 1.54) is 0 Å². The maximum absolute atomic E-state index is 11.7. The number of carbonyl (C=O) groups is 1. The van der Waals surface area contributed by atoms with Gasteiger partial charge in [0, 0.05) is 5.92 Å². The molecule has 0 bridgehead atoms. The van der Waals surface area contributed by atoms with Crippen LogP contribution in [0.5, 0.6) is 11.5 Å². The molecule has 1 N–H and O–H groups in total. The highest BCUT2D eigenvalue weighted by Crippen LogP contribution is 2.45. The molecule has 2 aliphatic heterocycles. The van der Waals surface area contributed by atoms with Gasteiger partial charge in [-0.3, -0.25) is 4.79 Å². The summed E-state index contributed by atoms with van der Waals surface area (Å²) in [6, 6.07) is 3.76. The first-order valence-electron chi connectivity index (χ1n) is 6.51. The summed E-state index contributed by atoms with van der Waals surface area (Å²) in [5.41, 5.74) is 1.88. The molecule has 5 nitrogen and oxygen atoms in total. The van der Waals surface area contributed by atoms with Crippen molar-refractivity contribution in [3.8, 4) is 11.5 Å². The topological polar surface area (TPSA) is 65.0 Å². The quantitative estimate of drug-likeness (QED) is 0.711. The van der Waals surface area contributed by atoms with E-state index < -0.39 is 6.10 Å². The number of cyclic esters (lactones) is 1. The Morgan fingerprint density at radius 3 is 2.79 bits per heavy atom. The van der Waals surface area contributed by atoms with E-state index in [0.29, 0.717) is 18.8 Å². The lowest BCUT2D eigenvalue weighted by atomic mass is 9.87. The number of aliphatic hydroxyl groups excluding tert-OH is 1. The molecule has 0 spiro atoms. The van der Waals surface area contributed by atoms with Crippen LogP contribution >= 0.6 is 0 Å². The summed E-state index contributed by atoms with van der Waals surface area (Å²) in [6.07, 6.45) is 0.787. The Morgan fingerprint density at radius 2 is 1.95 bits per heavy atom. The molecule has 1 aromatic rings. The van der Waals surface area contributed by atoms with Gasteiger partial charge in [-0.15, -0.1) is 0 Å². The Balaban J connectivity index is 1.79. The first kappa shape index (κ1) is 11.1. The SMILES string of the molecule is O=C1OC[C@H]2[C@H](O)c3cc4c(cc3CC[C@@H]12)OCO4. The molecule has 0 aromatic heterocycles. The van der Waals surface area contributed by atoms with Crippen LogP contribution in [-0.2, 0) is 16.0 Å². The van der Waals surface area contributed by atoms with Crippen molar-refractivity contribution in [1.29, 1.82) is 0 Å². The summed E-state index contributed by atoms with van der Waals surface area (Å²) in [5, 5.41) is 10.5. The molecule has 1 aromatic carbocycles. The third kappa shape index (κ3) is 1.54. The largest absolute Gasteiger partial charge is 0.465 e. The zero-order chi connectivity index (χ0) is 13.0. The first-order chi connectivity index (χ1) is 9.24.